The molecular weight excluding hydrogens is 254 g/mol. The van der Waals surface area contributed by atoms with Crippen LogP contribution >= 0.6 is 0 Å². The number of carbonyl (C=O) groups excluding carboxylic acids is 1. The van der Waals surface area contributed by atoms with Crippen LogP contribution in [0.3, 0.4) is 0 Å². The normalized spacial score (nSPS) is 10.1. The lowest BCUT2D eigenvalue weighted by Crippen LogP contribution is -2.07. The number of esters is 1. The first-order chi connectivity index (χ1) is 9.60. The van der Waals surface area contributed by atoms with E-state index in [1.54, 1.807) is 25.3 Å². The molecule has 0 atom stereocenters. The molecule has 0 aromatic heterocycles. The lowest BCUT2D eigenvalue weighted by atomic mass is 10.1. The van der Waals surface area contributed by atoms with E-state index >= 15 is 0 Å². The van der Waals surface area contributed by atoms with Crippen LogP contribution in [0.2, 0.25) is 0 Å². The Morgan fingerprint density at radius 1 is 1.20 bits per heavy atom. The van der Waals surface area contributed by atoms with Crippen molar-refractivity contribution >= 4 is 11.7 Å². The highest BCUT2D eigenvalue weighted by Gasteiger charge is 2.10. The van der Waals surface area contributed by atoms with Gasteiger partial charge in [-0.2, -0.15) is 0 Å². The lowest BCUT2D eigenvalue weighted by Gasteiger charge is -2.08. The van der Waals surface area contributed by atoms with Crippen molar-refractivity contribution in [2.75, 3.05) is 12.8 Å². The van der Waals surface area contributed by atoms with E-state index in [2.05, 4.69) is 0 Å². The Hall–Kier alpha value is -2.49. The summed E-state index contributed by atoms with van der Waals surface area (Å²) in [6, 6.07) is 12.5. The molecule has 0 heterocycles. The molecule has 0 aliphatic rings. The molecule has 104 valence electrons. The first-order valence-corrected chi connectivity index (χ1v) is 6.26. The number of nitrogens with two attached hydrogens (primary N) is 1. The zero-order valence-corrected chi connectivity index (χ0v) is 11.6. The van der Waals surface area contributed by atoms with Gasteiger partial charge in [0.1, 0.15) is 12.4 Å². The van der Waals surface area contributed by atoms with Crippen molar-refractivity contribution in [3.63, 3.8) is 0 Å². The topological polar surface area (TPSA) is 61.5 Å². The SMILES string of the molecule is COc1cccc(COC(=O)c2ccc(N)cc2C)c1. The number of hydrogen-bond acceptors (Lipinski definition) is 4. The fourth-order valence-electron chi connectivity index (χ4n) is 1.90. The molecule has 0 aliphatic heterocycles. The first kappa shape index (κ1) is 13.9. The first-order valence-electron chi connectivity index (χ1n) is 6.26. The average Bonchev–Trinajstić information content (AvgIpc) is 2.45. The number of benzene rings is 2. The third-order valence-electron chi connectivity index (χ3n) is 2.97. The largest absolute Gasteiger partial charge is 0.497 e. The van der Waals surface area contributed by atoms with Gasteiger partial charge in [0.25, 0.3) is 0 Å². The molecule has 0 saturated carbocycles. The van der Waals surface area contributed by atoms with Gasteiger partial charge in [-0.25, -0.2) is 4.79 Å². The van der Waals surface area contributed by atoms with E-state index < -0.39 is 0 Å². The molecule has 4 nitrogen and oxygen atoms in total. The summed E-state index contributed by atoms with van der Waals surface area (Å²) in [5.74, 6) is 0.382. The molecule has 0 radical (unpaired) electrons. The van der Waals surface area contributed by atoms with Gasteiger partial charge in [-0.3, -0.25) is 0 Å². The van der Waals surface area contributed by atoms with Crippen LogP contribution in [0, 0.1) is 6.92 Å². The van der Waals surface area contributed by atoms with Gasteiger partial charge in [0, 0.05) is 5.69 Å². The van der Waals surface area contributed by atoms with E-state index in [0.29, 0.717) is 11.3 Å². The van der Waals surface area contributed by atoms with E-state index in [-0.39, 0.29) is 12.6 Å². The number of ether oxygens (including phenoxy) is 2. The van der Waals surface area contributed by atoms with Crippen LogP contribution < -0.4 is 10.5 Å². The third-order valence-corrected chi connectivity index (χ3v) is 2.97. The second-order valence-corrected chi connectivity index (χ2v) is 4.50. The zero-order chi connectivity index (χ0) is 14.5. The zero-order valence-electron chi connectivity index (χ0n) is 11.6. The lowest BCUT2D eigenvalue weighted by molar-refractivity contribution is 0.0471. The van der Waals surface area contributed by atoms with Crippen LogP contribution in [0.1, 0.15) is 21.5 Å². The molecule has 2 N–H and O–H groups in total. The molecule has 2 aromatic rings. The van der Waals surface area contributed by atoms with E-state index in [9.17, 15) is 4.79 Å². The third kappa shape index (κ3) is 3.29. The summed E-state index contributed by atoms with van der Waals surface area (Å²) in [6.07, 6.45) is 0. The molecule has 2 rings (SSSR count). The Labute approximate surface area is 118 Å². The summed E-state index contributed by atoms with van der Waals surface area (Å²) in [7, 11) is 1.60. The summed E-state index contributed by atoms with van der Waals surface area (Å²) in [5, 5.41) is 0. The Balaban J connectivity index is 2.04. The fraction of sp³-hybridized carbons (Fsp3) is 0.188. The van der Waals surface area contributed by atoms with Crippen LogP contribution in [-0.2, 0) is 11.3 Å². The number of aryl methyl sites for hydroxylation is 1. The highest BCUT2D eigenvalue weighted by atomic mass is 16.5. The van der Waals surface area contributed by atoms with Gasteiger partial charge in [0.15, 0.2) is 0 Å². The van der Waals surface area contributed by atoms with E-state index in [4.69, 9.17) is 15.2 Å². The van der Waals surface area contributed by atoms with Gasteiger partial charge in [-0.15, -0.1) is 0 Å². The smallest absolute Gasteiger partial charge is 0.338 e. The number of rotatable bonds is 4. The number of anilines is 1. The van der Waals surface area contributed by atoms with Crippen LogP contribution in [0.25, 0.3) is 0 Å². The predicted octanol–water partition coefficient (Wildman–Crippen LogP) is 2.94. The number of hydrogen-bond donors (Lipinski definition) is 1. The second-order valence-electron chi connectivity index (χ2n) is 4.50. The van der Waals surface area contributed by atoms with Gasteiger partial charge in [0.05, 0.1) is 12.7 Å². The van der Waals surface area contributed by atoms with Crippen LogP contribution in [0.15, 0.2) is 42.5 Å². The van der Waals surface area contributed by atoms with E-state index in [1.165, 1.54) is 0 Å². The number of carbonyl (C=O) groups is 1. The van der Waals surface area contributed by atoms with Crippen molar-refractivity contribution in [2.45, 2.75) is 13.5 Å². The molecule has 20 heavy (non-hydrogen) atoms. The molecule has 4 heteroatoms. The molecule has 0 bridgehead atoms. The Bertz CT molecular complexity index is 623. The van der Waals surface area contributed by atoms with Crippen molar-refractivity contribution < 1.29 is 14.3 Å². The van der Waals surface area contributed by atoms with Gasteiger partial charge in [-0.1, -0.05) is 12.1 Å². The van der Waals surface area contributed by atoms with Crippen LogP contribution in [-0.4, -0.2) is 13.1 Å². The summed E-state index contributed by atoms with van der Waals surface area (Å²) >= 11 is 0. The Kier molecular flexibility index (Phi) is 4.25. The Morgan fingerprint density at radius 3 is 2.70 bits per heavy atom. The molecule has 0 spiro atoms. The number of methoxy groups -OCH3 is 1. The second kappa shape index (κ2) is 6.10. The van der Waals surface area contributed by atoms with Gasteiger partial charge in [0.2, 0.25) is 0 Å². The summed E-state index contributed by atoms with van der Waals surface area (Å²) in [4.78, 5) is 12.0. The highest BCUT2D eigenvalue weighted by molar-refractivity contribution is 5.91. The molecule has 0 saturated heterocycles. The minimum atomic E-state index is -0.356. The van der Waals surface area contributed by atoms with E-state index in [1.807, 2.05) is 31.2 Å². The molecular formula is C16H17NO3. The van der Waals surface area contributed by atoms with Crippen molar-refractivity contribution in [1.29, 1.82) is 0 Å². The quantitative estimate of drug-likeness (QED) is 0.686. The van der Waals surface area contributed by atoms with Crippen molar-refractivity contribution in [3.8, 4) is 5.75 Å². The van der Waals surface area contributed by atoms with Crippen molar-refractivity contribution in [1.82, 2.24) is 0 Å². The fourth-order valence-corrected chi connectivity index (χ4v) is 1.90. The predicted molar refractivity (Wildman–Crippen MR) is 77.7 cm³/mol. The summed E-state index contributed by atoms with van der Waals surface area (Å²) in [6.45, 7) is 2.04. The van der Waals surface area contributed by atoms with Gasteiger partial charge < -0.3 is 15.2 Å². The standard InChI is InChI=1S/C16H17NO3/c1-11-8-13(17)6-7-15(11)16(18)20-10-12-4-3-5-14(9-12)19-2/h3-9H,10,17H2,1-2H3. The van der Waals surface area contributed by atoms with Gasteiger partial charge >= 0.3 is 5.97 Å². The van der Waals surface area contributed by atoms with Crippen molar-refractivity contribution in [3.05, 3.63) is 59.2 Å². The summed E-state index contributed by atoms with van der Waals surface area (Å²) < 4.78 is 10.4. The molecule has 0 unspecified atom stereocenters. The molecule has 0 aliphatic carbocycles. The van der Waals surface area contributed by atoms with Crippen molar-refractivity contribution in [2.24, 2.45) is 0 Å². The molecule has 0 amide bonds. The molecule has 0 fully saturated rings. The minimum Gasteiger partial charge on any atom is -0.497 e. The van der Waals surface area contributed by atoms with Crippen LogP contribution in [0.5, 0.6) is 5.75 Å². The van der Waals surface area contributed by atoms with Gasteiger partial charge in [-0.05, 0) is 48.4 Å². The Morgan fingerprint density at radius 2 is 2.00 bits per heavy atom. The summed E-state index contributed by atoms with van der Waals surface area (Å²) in [5.41, 5.74) is 8.51. The van der Waals surface area contributed by atoms with E-state index in [0.717, 1.165) is 16.9 Å². The molecule has 2 aromatic carbocycles. The maximum absolute atomic E-state index is 12.0. The minimum absolute atomic E-state index is 0.208. The monoisotopic (exact) mass is 271 g/mol. The average molecular weight is 271 g/mol. The maximum Gasteiger partial charge on any atom is 0.338 e. The number of nitrogen functional groups attached to an aromatic ring is 1. The highest BCUT2D eigenvalue weighted by Crippen LogP contribution is 2.16. The van der Waals surface area contributed by atoms with Crippen LogP contribution in [0.4, 0.5) is 5.69 Å². The maximum atomic E-state index is 12.0.